The molecule has 0 unspecified atom stereocenters. The molecule has 0 spiro atoms. The van der Waals surface area contributed by atoms with Gasteiger partial charge in [0, 0.05) is 31.7 Å². The minimum Gasteiger partial charge on any atom is -0.612 e. The number of piperazine rings is 1. The van der Waals surface area contributed by atoms with Crippen molar-refractivity contribution >= 4 is 51.7 Å². The number of fused-ring (bicyclic) bond motifs is 1. The Bertz CT molecular complexity index is 2240. The third-order valence-electron chi connectivity index (χ3n) is 8.57. The molecule has 2 N–H and O–H groups in total. The number of nitrogens with zero attached hydrogens (tertiary/aromatic N) is 8. The van der Waals surface area contributed by atoms with Crippen LogP contribution in [0.25, 0.3) is 17.2 Å². The number of nitrogens with one attached hydrogen (secondary N) is 1. The van der Waals surface area contributed by atoms with Crippen molar-refractivity contribution in [1.29, 1.82) is 0 Å². The lowest BCUT2D eigenvalue weighted by Gasteiger charge is -2.36. The van der Waals surface area contributed by atoms with Crippen LogP contribution < -0.4 is 15.8 Å². The van der Waals surface area contributed by atoms with E-state index in [0.717, 1.165) is 16.6 Å². The third kappa shape index (κ3) is 7.13. The predicted molar refractivity (Wildman–Crippen MR) is 186 cm³/mol. The second-order valence-electron chi connectivity index (χ2n) is 11.8. The fourth-order valence-electron chi connectivity index (χ4n) is 5.88. The molecule has 0 saturated carbocycles. The summed E-state index contributed by atoms with van der Waals surface area (Å²) in [6.45, 7) is 3.66. The minimum atomic E-state index is -4.63. The topological polar surface area (TPSA) is 174 Å². The molecule has 1 saturated heterocycles. The SMILES string of the molecule is CCc1c(N2CCN(C(=O)c3ncnc(C)c3O)CC2)c(=O)n2nc(-c3ccc([S@+](C)[O-])cc3)nc2n1CC(=O)Nc1ccc(C(F)(F)F)cc1Cl. The Morgan fingerprint density at radius 3 is 2.38 bits per heavy atom. The van der Waals surface area contributed by atoms with Gasteiger partial charge in [-0.05, 0) is 67.0 Å². The van der Waals surface area contributed by atoms with Crippen LogP contribution in [0.3, 0.4) is 0 Å². The fraction of sp³-hybridized carbons (Fsp3) is 0.303. The number of hydrogen-bond donors (Lipinski definition) is 2. The minimum absolute atomic E-state index is 0.0285. The number of carbonyl (C=O) groups excluding carboxylic acids is 2. The van der Waals surface area contributed by atoms with E-state index >= 15 is 0 Å². The van der Waals surface area contributed by atoms with E-state index in [4.69, 9.17) is 11.6 Å². The van der Waals surface area contributed by atoms with Crippen molar-refractivity contribution in [2.24, 2.45) is 0 Å². The van der Waals surface area contributed by atoms with Gasteiger partial charge in [-0.1, -0.05) is 18.5 Å². The first kappa shape index (κ1) is 36.6. The molecular formula is C33H31ClF3N9O5S. The molecule has 14 nitrogen and oxygen atoms in total. The summed E-state index contributed by atoms with van der Waals surface area (Å²) in [5, 5.41) is 17.1. The largest absolute Gasteiger partial charge is 0.612 e. The number of amides is 2. The first-order valence-electron chi connectivity index (χ1n) is 15.9. The molecule has 0 radical (unpaired) electrons. The Morgan fingerprint density at radius 2 is 1.77 bits per heavy atom. The Labute approximate surface area is 302 Å². The first-order valence-corrected chi connectivity index (χ1v) is 17.8. The molecule has 272 valence electrons. The number of alkyl halides is 3. The summed E-state index contributed by atoms with van der Waals surface area (Å²) in [5.74, 6) is -1.29. The number of hydrogen-bond acceptors (Lipinski definition) is 10. The lowest BCUT2D eigenvalue weighted by molar-refractivity contribution is -0.137. The second-order valence-corrected chi connectivity index (χ2v) is 13.6. The summed E-state index contributed by atoms with van der Waals surface area (Å²) in [6.07, 6.45) is -1.65. The van der Waals surface area contributed by atoms with Crippen molar-refractivity contribution in [3.8, 4) is 17.1 Å². The van der Waals surface area contributed by atoms with Crippen LogP contribution in [0.4, 0.5) is 24.5 Å². The maximum Gasteiger partial charge on any atom is 0.416 e. The Balaban J connectivity index is 1.37. The van der Waals surface area contributed by atoms with Crippen molar-refractivity contribution in [3.63, 3.8) is 0 Å². The van der Waals surface area contributed by atoms with E-state index in [-0.39, 0.29) is 77.7 Å². The molecule has 4 heterocycles. The monoisotopic (exact) mass is 757 g/mol. The summed E-state index contributed by atoms with van der Waals surface area (Å²) in [4.78, 5) is 57.3. The molecule has 2 amide bonds. The van der Waals surface area contributed by atoms with E-state index in [2.05, 4.69) is 25.4 Å². The van der Waals surface area contributed by atoms with Crippen molar-refractivity contribution < 1.29 is 32.4 Å². The van der Waals surface area contributed by atoms with Crippen LogP contribution in [0, 0.1) is 6.92 Å². The second kappa shape index (κ2) is 14.4. The predicted octanol–water partition coefficient (Wildman–Crippen LogP) is 3.94. The number of rotatable bonds is 8. The summed E-state index contributed by atoms with van der Waals surface area (Å²) in [5.41, 5.74) is -0.269. The van der Waals surface area contributed by atoms with E-state index in [1.807, 2.05) is 0 Å². The zero-order valence-corrected chi connectivity index (χ0v) is 29.5. The highest BCUT2D eigenvalue weighted by molar-refractivity contribution is 7.90. The van der Waals surface area contributed by atoms with E-state index < -0.39 is 46.8 Å². The van der Waals surface area contributed by atoms with E-state index in [9.17, 15) is 37.2 Å². The van der Waals surface area contributed by atoms with Crippen LogP contribution in [-0.2, 0) is 35.1 Å². The van der Waals surface area contributed by atoms with Gasteiger partial charge in [-0.15, -0.1) is 5.10 Å². The third-order valence-corrected chi connectivity index (χ3v) is 9.82. The maximum absolute atomic E-state index is 14.2. The number of anilines is 2. The van der Waals surface area contributed by atoms with Crippen LogP contribution >= 0.6 is 11.6 Å². The van der Waals surface area contributed by atoms with Crippen LogP contribution in [0.2, 0.25) is 5.02 Å². The molecule has 0 aliphatic carbocycles. The van der Waals surface area contributed by atoms with Gasteiger partial charge in [-0.3, -0.25) is 14.4 Å². The molecular weight excluding hydrogens is 727 g/mol. The van der Waals surface area contributed by atoms with Gasteiger partial charge >= 0.3 is 6.18 Å². The van der Waals surface area contributed by atoms with E-state index in [0.29, 0.717) is 22.2 Å². The number of halogens is 4. The zero-order valence-electron chi connectivity index (χ0n) is 27.9. The molecule has 1 atom stereocenters. The molecule has 6 rings (SSSR count). The summed E-state index contributed by atoms with van der Waals surface area (Å²) in [6, 6.07) is 9.20. The number of aromatic nitrogens is 6. The van der Waals surface area contributed by atoms with Gasteiger partial charge in [0.2, 0.25) is 11.7 Å². The Kier molecular flexibility index (Phi) is 10.2. The molecule has 2 aromatic carbocycles. The highest BCUT2D eigenvalue weighted by Crippen LogP contribution is 2.34. The highest BCUT2D eigenvalue weighted by atomic mass is 35.5. The van der Waals surface area contributed by atoms with E-state index in [1.54, 1.807) is 43.0 Å². The average Bonchev–Trinajstić information content (AvgIpc) is 3.57. The fourth-order valence-corrected chi connectivity index (χ4v) is 6.63. The van der Waals surface area contributed by atoms with Gasteiger partial charge in [-0.2, -0.15) is 22.7 Å². The summed E-state index contributed by atoms with van der Waals surface area (Å²) < 4.78 is 54.2. The van der Waals surface area contributed by atoms with Crippen LogP contribution in [-0.4, -0.2) is 87.9 Å². The van der Waals surface area contributed by atoms with Gasteiger partial charge in [0.15, 0.2) is 22.2 Å². The quantitative estimate of drug-likeness (QED) is 0.221. The molecule has 52 heavy (non-hydrogen) atoms. The van der Waals surface area contributed by atoms with Crippen molar-refractivity contribution in [1.82, 2.24) is 34.0 Å². The lowest BCUT2D eigenvalue weighted by atomic mass is 10.2. The first-order chi connectivity index (χ1) is 24.7. The Hall–Kier alpha value is -5.20. The van der Waals surface area contributed by atoms with Gasteiger partial charge in [0.25, 0.3) is 11.5 Å². The van der Waals surface area contributed by atoms with Gasteiger partial charge in [-0.25, -0.2) is 9.97 Å². The van der Waals surface area contributed by atoms with Crippen LogP contribution in [0.1, 0.15) is 34.4 Å². The molecule has 5 aromatic rings. The normalized spacial score (nSPS) is 14.2. The molecule has 3 aromatic heterocycles. The maximum atomic E-state index is 14.2. The lowest BCUT2D eigenvalue weighted by Crippen LogP contribution is -2.51. The number of benzene rings is 2. The summed E-state index contributed by atoms with van der Waals surface area (Å²) >= 11 is 4.88. The molecule has 1 aliphatic heterocycles. The van der Waals surface area contributed by atoms with Gasteiger partial charge < -0.3 is 29.3 Å². The van der Waals surface area contributed by atoms with Gasteiger partial charge in [0.05, 0.1) is 27.7 Å². The van der Waals surface area contributed by atoms with Crippen LogP contribution in [0.15, 0.2) is 58.5 Å². The van der Waals surface area contributed by atoms with Crippen molar-refractivity contribution in [3.05, 3.63) is 86.8 Å². The Morgan fingerprint density at radius 1 is 1.08 bits per heavy atom. The number of aromatic hydroxyl groups is 1. The van der Waals surface area contributed by atoms with Crippen molar-refractivity contribution in [2.75, 3.05) is 42.7 Å². The average molecular weight is 758 g/mol. The molecule has 0 bridgehead atoms. The number of carbonyl (C=O) groups is 2. The van der Waals surface area contributed by atoms with Crippen LogP contribution in [0.5, 0.6) is 5.75 Å². The standard InChI is InChI=1S/C33H31ClF3N9O5S/c1-4-24-27(43-11-13-44(14-12-43)30(49)26-28(48)18(2)38-17-39-26)31(50)46-32(41-29(42-46)19-5-8-21(9-6-19)52(3)51)45(24)16-25(47)40-23-10-7-20(15-22(23)34)33(35,36)37/h5-10,15,17,48H,4,11-14,16H2,1-3H3,(H,40,47)/t52-/m0/s1. The smallest absolute Gasteiger partial charge is 0.416 e. The van der Waals surface area contributed by atoms with Crippen molar-refractivity contribution in [2.45, 2.75) is 37.9 Å². The van der Waals surface area contributed by atoms with E-state index in [1.165, 1.54) is 22.1 Å². The molecule has 19 heteroatoms. The zero-order chi connectivity index (χ0) is 37.5. The van der Waals surface area contributed by atoms with Gasteiger partial charge in [0.1, 0.15) is 24.8 Å². The number of aryl methyl sites for hydroxylation is 1. The molecule has 1 fully saturated rings. The highest BCUT2D eigenvalue weighted by Gasteiger charge is 2.32. The molecule has 1 aliphatic rings. The summed E-state index contributed by atoms with van der Waals surface area (Å²) in [7, 11) is 0.